The van der Waals surface area contributed by atoms with Crippen LogP contribution < -0.4 is 0 Å². The second-order valence-electron chi connectivity index (χ2n) is 0.500. The van der Waals surface area contributed by atoms with E-state index in [4.69, 9.17) is 0 Å². The van der Waals surface area contributed by atoms with Gasteiger partial charge in [0.1, 0.15) is 0 Å². The SMILES string of the molecule is [SnH3]/[C]=[C]/[SnH3]. The standard InChI is InChI=1S/C2.2Sn.6H/c1-2;;;;;;;;. The molecule has 2 heteroatoms. The molecule has 0 fully saturated rings. The summed E-state index contributed by atoms with van der Waals surface area (Å²) in [6, 6.07) is 0. The molecule has 4 heavy (non-hydrogen) atoms. The van der Waals surface area contributed by atoms with Crippen molar-refractivity contribution in [2.45, 2.75) is 0 Å². The third kappa shape index (κ3) is 3.34. The van der Waals surface area contributed by atoms with Gasteiger partial charge in [0.25, 0.3) is 0 Å². The molecule has 0 unspecified atom stereocenters. The summed E-state index contributed by atoms with van der Waals surface area (Å²) in [4.78, 5) is 0. The van der Waals surface area contributed by atoms with E-state index in [0.29, 0.717) is 45.0 Å². The molecule has 0 nitrogen and oxygen atoms in total. The van der Waals surface area contributed by atoms with Crippen LogP contribution in [0.25, 0.3) is 0 Å². The molecular formula is C2H6Sn2. The summed E-state index contributed by atoms with van der Waals surface area (Å²) >= 11 is 1.35. The molecule has 0 rings (SSSR count). The van der Waals surface area contributed by atoms with Crippen LogP contribution in [0.15, 0.2) is 0 Å². The minimum atomic E-state index is 0.676. The average molecular weight is 267 g/mol. The molecular weight excluding hydrogens is 261 g/mol. The van der Waals surface area contributed by atoms with E-state index in [9.17, 15) is 0 Å². The third-order valence-corrected chi connectivity index (χ3v) is 11.2. The molecule has 0 atom stereocenters. The zero-order chi connectivity index (χ0) is 3.41. The van der Waals surface area contributed by atoms with Crippen LogP contribution in [0.1, 0.15) is 0 Å². The number of hydrogen-bond donors (Lipinski definition) is 0. The second-order valence-corrected chi connectivity index (χ2v) is 3.35. The molecule has 0 saturated heterocycles. The Hall–Kier alpha value is 1.34. The molecule has 0 aromatic heterocycles. The van der Waals surface area contributed by atoms with Crippen molar-refractivity contribution in [3.8, 4) is 0 Å². The van der Waals surface area contributed by atoms with E-state index in [0.717, 1.165) is 0 Å². The van der Waals surface area contributed by atoms with Crippen LogP contribution in [0.2, 0.25) is 0 Å². The van der Waals surface area contributed by atoms with Crippen molar-refractivity contribution in [2.75, 3.05) is 0 Å². The molecule has 0 saturated carbocycles. The quantitative estimate of drug-likeness (QED) is 0.437. The fraction of sp³-hybridized carbons (Fsp3) is 0. The summed E-state index contributed by atoms with van der Waals surface area (Å²) in [5.41, 5.74) is 0. The van der Waals surface area contributed by atoms with Gasteiger partial charge in [-0.1, -0.05) is 0 Å². The van der Waals surface area contributed by atoms with Gasteiger partial charge >= 0.3 is 53.2 Å². The Morgan fingerprint density at radius 3 is 1.25 bits per heavy atom. The van der Waals surface area contributed by atoms with E-state index in [1.165, 1.54) is 0 Å². The first kappa shape index (κ1) is 5.34. The van der Waals surface area contributed by atoms with Gasteiger partial charge in [-0.2, -0.15) is 0 Å². The third-order valence-electron chi connectivity index (χ3n) is 0.250. The van der Waals surface area contributed by atoms with Crippen molar-refractivity contribution >= 4 is 45.0 Å². The molecule has 0 aromatic carbocycles. The van der Waals surface area contributed by atoms with Gasteiger partial charge in [0.2, 0.25) is 0 Å². The second kappa shape index (κ2) is 4.34. The Morgan fingerprint density at radius 1 is 1.00 bits per heavy atom. The van der Waals surface area contributed by atoms with Gasteiger partial charge in [-0.05, 0) is 0 Å². The maximum atomic E-state index is 2.98. The Balaban J connectivity index is 2.55. The Kier molecular flexibility index (Phi) is 5.79. The number of hydrogen-bond acceptors (Lipinski definition) is 0. The van der Waals surface area contributed by atoms with Crippen LogP contribution in [0.4, 0.5) is 0 Å². The summed E-state index contributed by atoms with van der Waals surface area (Å²) in [5, 5.41) is 0. The van der Waals surface area contributed by atoms with E-state index in [1.54, 1.807) is 0 Å². The van der Waals surface area contributed by atoms with Gasteiger partial charge in [0.05, 0.1) is 0 Å². The zero-order valence-electron chi connectivity index (χ0n) is 3.00. The normalized spacial score (nSPS) is 11.0. The minimum absolute atomic E-state index is 0.676. The monoisotopic (exact) mass is 270 g/mol. The number of rotatable bonds is 0. The molecule has 0 aliphatic rings. The van der Waals surface area contributed by atoms with Crippen molar-refractivity contribution in [1.29, 1.82) is 0 Å². The summed E-state index contributed by atoms with van der Waals surface area (Å²) in [6.07, 6.45) is 0. The Bertz CT molecular complexity index is 19.2. The molecule has 0 aliphatic heterocycles. The van der Waals surface area contributed by atoms with Gasteiger partial charge in [-0.3, -0.25) is 0 Å². The summed E-state index contributed by atoms with van der Waals surface area (Å²) in [5.74, 6) is 0. The fourth-order valence-corrected chi connectivity index (χ4v) is 0. The Labute approximate surface area is 52.8 Å². The molecule has 0 N–H and O–H groups in total. The van der Waals surface area contributed by atoms with E-state index in [-0.39, 0.29) is 0 Å². The van der Waals surface area contributed by atoms with Crippen LogP contribution in [0.3, 0.4) is 0 Å². The topological polar surface area (TPSA) is 0 Å². The van der Waals surface area contributed by atoms with Gasteiger partial charge in [-0.15, -0.1) is 0 Å². The molecule has 22 valence electrons. The predicted octanol–water partition coefficient (Wildman–Crippen LogP) is -2.21. The first-order valence-corrected chi connectivity index (χ1v) is 6.96. The van der Waals surface area contributed by atoms with Crippen molar-refractivity contribution in [3.63, 3.8) is 0 Å². The Morgan fingerprint density at radius 2 is 1.25 bits per heavy atom. The molecule has 0 bridgehead atoms. The van der Waals surface area contributed by atoms with E-state index in [2.05, 4.69) is 8.18 Å². The first-order chi connectivity index (χ1) is 1.91. The van der Waals surface area contributed by atoms with Crippen LogP contribution in [-0.4, -0.2) is 45.0 Å². The van der Waals surface area contributed by atoms with Crippen LogP contribution >= 0.6 is 0 Å². The average Bonchev–Trinajstić information content (AvgIpc) is 1.37. The van der Waals surface area contributed by atoms with Crippen LogP contribution in [0.5, 0.6) is 0 Å². The van der Waals surface area contributed by atoms with Crippen molar-refractivity contribution < 1.29 is 0 Å². The molecule has 0 aromatic rings. The molecule has 0 heterocycles. The van der Waals surface area contributed by atoms with E-state index >= 15 is 0 Å². The summed E-state index contributed by atoms with van der Waals surface area (Å²) in [6.45, 7) is 0. The van der Waals surface area contributed by atoms with Crippen molar-refractivity contribution in [1.82, 2.24) is 0 Å². The predicted molar refractivity (Wildman–Crippen MR) is 26.4 cm³/mol. The fourth-order valence-electron chi connectivity index (χ4n) is 0. The van der Waals surface area contributed by atoms with E-state index in [1.807, 2.05) is 0 Å². The van der Waals surface area contributed by atoms with E-state index < -0.39 is 0 Å². The molecule has 0 spiro atoms. The molecule has 2 radical (unpaired) electrons. The zero-order valence-corrected chi connectivity index (χ0v) is 14.4. The van der Waals surface area contributed by atoms with Gasteiger partial charge in [-0.25, -0.2) is 0 Å². The van der Waals surface area contributed by atoms with Gasteiger partial charge in [0.15, 0.2) is 0 Å². The summed E-state index contributed by atoms with van der Waals surface area (Å²) in [7, 11) is 0. The van der Waals surface area contributed by atoms with Crippen LogP contribution in [0, 0.1) is 8.18 Å². The van der Waals surface area contributed by atoms with Crippen LogP contribution in [-0.2, 0) is 0 Å². The molecule has 0 aliphatic carbocycles. The van der Waals surface area contributed by atoms with Gasteiger partial charge in [0, 0.05) is 0 Å². The van der Waals surface area contributed by atoms with Crippen molar-refractivity contribution in [2.24, 2.45) is 0 Å². The molecule has 0 amide bonds. The first-order valence-electron chi connectivity index (χ1n) is 1.25. The van der Waals surface area contributed by atoms with Crippen molar-refractivity contribution in [3.05, 3.63) is 8.18 Å². The summed E-state index contributed by atoms with van der Waals surface area (Å²) < 4.78 is 5.97. The maximum absolute atomic E-state index is 2.98. The van der Waals surface area contributed by atoms with Gasteiger partial charge < -0.3 is 0 Å².